The summed E-state index contributed by atoms with van der Waals surface area (Å²) in [6, 6.07) is 16.4. The quantitative estimate of drug-likeness (QED) is 0.182. The number of fused-ring (bicyclic) bond motifs is 3. The van der Waals surface area contributed by atoms with Crippen molar-refractivity contribution >= 4 is 44.8 Å². The second kappa shape index (κ2) is 6.76. The van der Waals surface area contributed by atoms with Gasteiger partial charge in [0.2, 0.25) is 0 Å². The summed E-state index contributed by atoms with van der Waals surface area (Å²) in [5, 5.41) is 15.2. The largest absolute Gasteiger partial charge is 0.434 e. The standard InChI is InChI=1S/C23H17N9O/c24-19(25)10-1-4-13-16(7-10)30-21(28-13)12-3-6-15-18(9-12)33-23(32-15)22-29-14-5-2-11(20(26)27)8-17(14)31-22/h1-9H,(H3,24,25)(H3,26,27)(H,28,30)(H,29,31). The van der Waals surface area contributed by atoms with Crippen molar-refractivity contribution in [3.63, 3.8) is 0 Å². The van der Waals surface area contributed by atoms with Crippen LogP contribution in [-0.4, -0.2) is 36.6 Å². The molecule has 0 aliphatic rings. The van der Waals surface area contributed by atoms with Crippen LogP contribution in [0, 0.1) is 10.8 Å². The first-order valence-electron chi connectivity index (χ1n) is 10.0. The Morgan fingerprint density at radius 1 is 0.697 bits per heavy atom. The van der Waals surface area contributed by atoms with Crippen LogP contribution in [0.5, 0.6) is 0 Å². The number of nitrogens with one attached hydrogen (secondary N) is 4. The van der Waals surface area contributed by atoms with Gasteiger partial charge in [-0.25, -0.2) is 15.0 Å². The van der Waals surface area contributed by atoms with E-state index in [0.717, 1.165) is 27.6 Å². The number of amidine groups is 2. The molecule has 0 spiro atoms. The highest BCUT2D eigenvalue weighted by atomic mass is 16.3. The van der Waals surface area contributed by atoms with Crippen molar-refractivity contribution in [2.45, 2.75) is 0 Å². The highest BCUT2D eigenvalue weighted by Gasteiger charge is 2.15. The molecule has 0 saturated heterocycles. The van der Waals surface area contributed by atoms with E-state index in [4.69, 9.17) is 26.7 Å². The molecule has 3 heterocycles. The summed E-state index contributed by atoms with van der Waals surface area (Å²) in [5.41, 5.74) is 17.6. The Kier molecular flexibility index (Phi) is 3.84. The lowest BCUT2D eigenvalue weighted by atomic mass is 10.2. The molecule has 0 amide bonds. The van der Waals surface area contributed by atoms with Crippen molar-refractivity contribution in [2.75, 3.05) is 0 Å². The van der Waals surface area contributed by atoms with Gasteiger partial charge in [-0.3, -0.25) is 10.8 Å². The fourth-order valence-electron chi connectivity index (χ4n) is 3.77. The second-order valence-electron chi connectivity index (χ2n) is 7.66. The lowest BCUT2D eigenvalue weighted by Gasteiger charge is -1.96. The summed E-state index contributed by atoms with van der Waals surface area (Å²) >= 11 is 0. The van der Waals surface area contributed by atoms with E-state index in [1.807, 2.05) is 24.3 Å². The minimum Gasteiger partial charge on any atom is -0.434 e. The van der Waals surface area contributed by atoms with Crippen LogP contribution < -0.4 is 11.5 Å². The first-order chi connectivity index (χ1) is 15.9. The van der Waals surface area contributed by atoms with Gasteiger partial charge in [0.25, 0.3) is 5.89 Å². The SMILES string of the molecule is N=C(N)c1ccc2nc(-c3ccc4nc(-c5nc6ccc(C(=N)N)cc6[nH]5)oc4c3)[nH]c2c1. The number of H-pyrrole nitrogens is 2. The van der Waals surface area contributed by atoms with E-state index in [9.17, 15) is 0 Å². The van der Waals surface area contributed by atoms with Crippen LogP contribution in [0.4, 0.5) is 0 Å². The molecule has 160 valence electrons. The van der Waals surface area contributed by atoms with Gasteiger partial charge in [-0.2, -0.15) is 0 Å². The predicted molar refractivity (Wildman–Crippen MR) is 126 cm³/mol. The number of aromatic amines is 2. The summed E-state index contributed by atoms with van der Waals surface area (Å²) in [6.45, 7) is 0. The van der Waals surface area contributed by atoms with Gasteiger partial charge in [0.15, 0.2) is 11.4 Å². The molecule has 10 heteroatoms. The van der Waals surface area contributed by atoms with Crippen LogP contribution in [-0.2, 0) is 0 Å². The molecule has 0 bridgehead atoms. The zero-order chi connectivity index (χ0) is 22.7. The van der Waals surface area contributed by atoms with Crippen molar-refractivity contribution in [3.05, 3.63) is 65.7 Å². The molecule has 3 aromatic carbocycles. The first-order valence-corrected chi connectivity index (χ1v) is 10.0. The number of oxazole rings is 1. The summed E-state index contributed by atoms with van der Waals surface area (Å²) in [4.78, 5) is 20.2. The lowest BCUT2D eigenvalue weighted by molar-refractivity contribution is 0.614. The summed E-state index contributed by atoms with van der Waals surface area (Å²) < 4.78 is 5.99. The molecule has 0 aliphatic heterocycles. The van der Waals surface area contributed by atoms with E-state index in [0.29, 0.717) is 39.8 Å². The lowest BCUT2D eigenvalue weighted by Crippen LogP contribution is -2.10. The normalized spacial score (nSPS) is 11.5. The molecule has 0 saturated carbocycles. The number of aromatic nitrogens is 5. The third kappa shape index (κ3) is 3.08. The molecule has 0 atom stereocenters. The summed E-state index contributed by atoms with van der Waals surface area (Å²) in [6.07, 6.45) is 0. The number of benzene rings is 3. The van der Waals surface area contributed by atoms with Crippen molar-refractivity contribution in [3.8, 4) is 23.1 Å². The molecule has 0 aliphatic carbocycles. The molecule has 6 rings (SSSR count). The van der Waals surface area contributed by atoms with E-state index in [1.165, 1.54) is 0 Å². The Morgan fingerprint density at radius 3 is 1.91 bits per heavy atom. The van der Waals surface area contributed by atoms with E-state index in [1.54, 1.807) is 30.3 Å². The van der Waals surface area contributed by atoms with Crippen molar-refractivity contribution in [1.82, 2.24) is 24.9 Å². The fourth-order valence-corrected chi connectivity index (χ4v) is 3.77. The topological polar surface area (TPSA) is 183 Å². The maximum absolute atomic E-state index is 7.61. The third-order valence-corrected chi connectivity index (χ3v) is 5.45. The van der Waals surface area contributed by atoms with Gasteiger partial charge in [-0.15, -0.1) is 0 Å². The minimum atomic E-state index is -0.00875. The predicted octanol–water partition coefficient (Wildman–Crippen LogP) is 3.48. The number of nitrogen functional groups attached to an aromatic ring is 2. The van der Waals surface area contributed by atoms with Gasteiger partial charge in [0.1, 0.15) is 23.0 Å². The van der Waals surface area contributed by atoms with Crippen LogP contribution in [0.2, 0.25) is 0 Å². The van der Waals surface area contributed by atoms with Gasteiger partial charge in [-0.1, -0.05) is 0 Å². The van der Waals surface area contributed by atoms with Crippen LogP contribution in [0.3, 0.4) is 0 Å². The number of hydrogen-bond acceptors (Lipinski definition) is 6. The van der Waals surface area contributed by atoms with Crippen molar-refractivity contribution in [2.24, 2.45) is 11.5 Å². The number of rotatable bonds is 4. The molecule has 0 fully saturated rings. The monoisotopic (exact) mass is 435 g/mol. The molecule has 33 heavy (non-hydrogen) atoms. The van der Waals surface area contributed by atoms with E-state index in [2.05, 4.69) is 24.9 Å². The number of nitrogens with two attached hydrogens (primary N) is 2. The Balaban J connectivity index is 1.39. The second-order valence-corrected chi connectivity index (χ2v) is 7.66. The van der Waals surface area contributed by atoms with E-state index < -0.39 is 0 Å². The summed E-state index contributed by atoms with van der Waals surface area (Å²) in [7, 11) is 0. The minimum absolute atomic E-state index is 0.00626. The smallest absolute Gasteiger partial charge is 0.264 e. The van der Waals surface area contributed by atoms with Crippen LogP contribution in [0.1, 0.15) is 11.1 Å². The highest BCUT2D eigenvalue weighted by Crippen LogP contribution is 2.29. The van der Waals surface area contributed by atoms with Gasteiger partial charge < -0.3 is 25.9 Å². The van der Waals surface area contributed by atoms with Crippen LogP contribution in [0.25, 0.3) is 56.3 Å². The summed E-state index contributed by atoms with van der Waals surface area (Å²) in [5.74, 6) is 1.52. The third-order valence-electron chi connectivity index (χ3n) is 5.45. The van der Waals surface area contributed by atoms with Crippen molar-refractivity contribution in [1.29, 1.82) is 10.8 Å². The maximum atomic E-state index is 7.61. The first kappa shape index (κ1) is 18.8. The Hall–Kier alpha value is -4.99. The Morgan fingerprint density at radius 2 is 1.27 bits per heavy atom. The van der Waals surface area contributed by atoms with Crippen LogP contribution >= 0.6 is 0 Å². The highest BCUT2D eigenvalue weighted by molar-refractivity contribution is 5.99. The van der Waals surface area contributed by atoms with Gasteiger partial charge in [-0.05, 0) is 54.6 Å². The van der Waals surface area contributed by atoms with Crippen LogP contribution in [0.15, 0.2) is 59.0 Å². The van der Waals surface area contributed by atoms with E-state index >= 15 is 0 Å². The molecular formula is C23H17N9O. The average Bonchev–Trinajstić information content (AvgIpc) is 3.52. The van der Waals surface area contributed by atoms with Gasteiger partial charge in [0, 0.05) is 16.7 Å². The zero-order valence-corrected chi connectivity index (χ0v) is 17.1. The zero-order valence-electron chi connectivity index (χ0n) is 17.1. The molecule has 8 N–H and O–H groups in total. The number of hydrogen-bond donors (Lipinski definition) is 6. The average molecular weight is 435 g/mol. The molecule has 0 unspecified atom stereocenters. The number of nitrogens with zero attached hydrogens (tertiary/aromatic N) is 3. The molecular weight excluding hydrogens is 418 g/mol. The Bertz CT molecular complexity index is 1650. The maximum Gasteiger partial charge on any atom is 0.264 e. The van der Waals surface area contributed by atoms with Gasteiger partial charge >= 0.3 is 0 Å². The molecule has 0 radical (unpaired) electrons. The molecule has 3 aromatic heterocycles. The molecule has 6 aromatic rings. The molecule has 10 nitrogen and oxygen atoms in total. The van der Waals surface area contributed by atoms with Gasteiger partial charge in [0.05, 0.1) is 22.1 Å². The Labute approximate surface area is 185 Å². The van der Waals surface area contributed by atoms with Crippen molar-refractivity contribution < 1.29 is 4.42 Å². The fraction of sp³-hybridized carbons (Fsp3) is 0. The number of imidazole rings is 2. The van der Waals surface area contributed by atoms with E-state index in [-0.39, 0.29) is 11.7 Å².